The standard InChI is InChI=1S/C9H18N2O4/c1-9(2,15-8(10)13)6-5-7(12)11(3)14-4/h5-6H2,1-4H3,(H2,10,13). The molecule has 0 saturated heterocycles. The lowest BCUT2D eigenvalue weighted by atomic mass is 10.0. The van der Waals surface area contributed by atoms with Gasteiger partial charge < -0.3 is 10.5 Å². The Hall–Kier alpha value is -1.30. The van der Waals surface area contributed by atoms with Crippen LogP contribution in [0.1, 0.15) is 26.7 Å². The van der Waals surface area contributed by atoms with E-state index in [0.717, 1.165) is 5.06 Å². The summed E-state index contributed by atoms with van der Waals surface area (Å²) in [5, 5.41) is 1.13. The van der Waals surface area contributed by atoms with Crippen molar-refractivity contribution in [2.45, 2.75) is 32.3 Å². The molecule has 0 unspecified atom stereocenters. The van der Waals surface area contributed by atoms with Gasteiger partial charge in [0.05, 0.1) is 7.11 Å². The minimum atomic E-state index is -0.840. The fraction of sp³-hybridized carbons (Fsp3) is 0.778. The summed E-state index contributed by atoms with van der Waals surface area (Å²) >= 11 is 0. The summed E-state index contributed by atoms with van der Waals surface area (Å²) in [6, 6.07) is 0. The maximum Gasteiger partial charge on any atom is 0.405 e. The second-order valence-corrected chi connectivity index (χ2v) is 3.75. The first-order valence-corrected chi connectivity index (χ1v) is 4.57. The average Bonchev–Trinajstić information content (AvgIpc) is 2.11. The van der Waals surface area contributed by atoms with Crippen molar-refractivity contribution in [1.29, 1.82) is 0 Å². The number of rotatable bonds is 5. The number of nitrogens with two attached hydrogens (primary N) is 1. The number of amides is 2. The van der Waals surface area contributed by atoms with Gasteiger partial charge in [0, 0.05) is 13.5 Å². The number of hydrogen-bond donors (Lipinski definition) is 1. The quantitative estimate of drug-likeness (QED) is 0.687. The molecule has 88 valence electrons. The zero-order valence-corrected chi connectivity index (χ0v) is 9.57. The minimum Gasteiger partial charge on any atom is -0.444 e. The zero-order valence-electron chi connectivity index (χ0n) is 9.57. The van der Waals surface area contributed by atoms with Gasteiger partial charge in [0.1, 0.15) is 5.60 Å². The molecule has 0 radical (unpaired) electrons. The molecule has 6 heteroatoms. The van der Waals surface area contributed by atoms with Crippen LogP contribution in [0.5, 0.6) is 0 Å². The summed E-state index contributed by atoms with van der Waals surface area (Å²) in [6.07, 6.45) is -0.222. The lowest BCUT2D eigenvalue weighted by Gasteiger charge is -2.24. The Balaban J connectivity index is 4.03. The fourth-order valence-corrected chi connectivity index (χ4v) is 0.991. The molecule has 0 atom stereocenters. The van der Waals surface area contributed by atoms with E-state index in [9.17, 15) is 9.59 Å². The number of ether oxygens (including phenoxy) is 1. The molecule has 0 aromatic carbocycles. The van der Waals surface area contributed by atoms with Crippen LogP contribution >= 0.6 is 0 Å². The molecular formula is C9H18N2O4. The topological polar surface area (TPSA) is 81.9 Å². The maximum atomic E-state index is 11.3. The van der Waals surface area contributed by atoms with Crippen LogP contribution < -0.4 is 5.73 Å². The summed E-state index contributed by atoms with van der Waals surface area (Å²) in [5.74, 6) is -0.182. The highest BCUT2D eigenvalue weighted by molar-refractivity contribution is 5.74. The van der Waals surface area contributed by atoms with Crippen molar-refractivity contribution in [2.75, 3.05) is 14.2 Å². The normalized spacial score (nSPS) is 10.9. The Morgan fingerprint density at radius 2 is 1.93 bits per heavy atom. The van der Waals surface area contributed by atoms with Gasteiger partial charge in [-0.05, 0) is 20.3 Å². The fourth-order valence-electron chi connectivity index (χ4n) is 0.991. The molecule has 0 bridgehead atoms. The van der Waals surface area contributed by atoms with Gasteiger partial charge in [0.15, 0.2) is 0 Å². The molecule has 0 heterocycles. The van der Waals surface area contributed by atoms with Crippen molar-refractivity contribution in [1.82, 2.24) is 5.06 Å². The summed E-state index contributed by atoms with van der Waals surface area (Å²) < 4.78 is 4.83. The first-order valence-electron chi connectivity index (χ1n) is 4.57. The molecule has 0 aromatic heterocycles. The van der Waals surface area contributed by atoms with Gasteiger partial charge in [0.25, 0.3) is 0 Å². The van der Waals surface area contributed by atoms with E-state index >= 15 is 0 Å². The van der Waals surface area contributed by atoms with Gasteiger partial charge in [-0.3, -0.25) is 9.63 Å². The predicted molar refractivity (Wildman–Crippen MR) is 53.8 cm³/mol. The van der Waals surface area contributed by atoms with E-state index in [1.807, 2.05) is 0 Å². The van der Waals surface area contributed by atoms with E-state index in [1.165, 1.54) is 14.2 Å². The molecule has 2 N–H and O–H groups in total. The molecule has 0 rings (SSSR count). The van der Waals surface area contributed by atoms with Crippen molar-refractivity contribution in [3.63, 3.8) is 0 Å². The Morgan fingerprint density at radius 1 is 1.40 bits per heavy atom. The number of hydroxylamine groups is 2. The van der Waals surface area contributed by atoms with Crippen molar-refractivity contribution in [3.8, 4) is 0 Å². The molecule has 0 fully saturated rings. The molecular weight excluding hydrogens is 200 g/mol. The molecule has 0 saturated carbocycles. The van der Waals surface area contributed by atoms with E-state index < -0.39 is 11.7 Å². The second kappa shape index (κ2) is 5.55. The number of primary amides is 1. The smallest absolute Gasteiger partial charge is 0.405 e. The second-order valence-electron chi connectivity index (χ2n) is 3.75. The summed E-state index contributed by atoms with van der Waals surface area (Å²) in [7, 11) is 2.92. The van der Waals surface area contributed by atoms with Crippen LogP contribution in [0.15, 0.2) is 0 Å². The summed E-state index contributed by atoms with van der Waals surface area (Å²) in [5.41, 5.74) is 4.15. The van der Waals surface area contributed by atoms with Crippen LogP contribution in [0.2, 0.25) is 0 Å². The predicted octanol–water partition coefficient (Wildman–Crippen LogP) is 0.660. The highest BCUT2D eigenvalue weighted by Gasteiger charge is 2.23. The van der Waals surface area contributed by atoms with Crippen molar-refractivity contribution < 1.29 is 19.2 Å². The third-order valence-electron chi connectivity index (χ3n) is 1.94. The van der Waals surface area contributed by atoms with Crippen molar-refractivity contribution in [3.05, 3.63) is 0 Å². The third-order valence-corrected chi connectivity index (χ3v) is 1.94. The lowest BCUT2D eigenvalue weighted by Crippen LogP contribution is -2.33. The van der Waals surface area contributed by atoms with E-state index in [4.69, 9.17) is 15.3 Å². The van der Waals surface area contributed by atoms with Crippen LogP contribution in [0.4, 0.5) is 4.79 Å². The van der Waals surface area contributed by atoms with E-state index in [-0.39, 0.29) is 12.3 Å². The van der Waals surface area contributed by atoms with Crippen LogP contribution in [-0.2, 0) is 14.4 Å². The van der Waals surface area contributed by atoms with Gasteiger partial charge in [-0.15, -0.1) is 0 Å². The first-order chi connectivity index (χ1) is 6.78. The number of nitrogens with zero attached hydrogens (tertiary/aromatic N) is 1. The van der Waals surface area contributed by atoms with E-state index in [2.05, 4.69) is 0 Å². The molecule has 0 spiro atoms. The Morgan fingerprint density at radius 3 is 2.33 bits per heavy atom. The molecule has 0 aliphatic rings. The highest BCUT2D eigenvalue weighted by atomic mass is 16.7. The van der Waals surface area contributed by atoms with Gasteiger partial charge >= 0.3 is 6.09 Å². The summed E-state index contributed by atoms with van der Waals surface area (Å²) in [6.45, 7) is 3.38. The monoisotopic (exact) mass is 218 g/mol. The third kappa shape index (κ3) is 5.90. The Kier molecular flexibility index (Phi) is 5.07. The Labute approximate surface area is 89.3 Å². The van der Waals surface area contributed by atoms with E-state index in [0.29, 0.717) is 6.42 Å². The van der Waals surface area contributed by atoms with Crippen molar-refractivity contribution in [2.24, 2.45) is 5.73 Å². The largest absolute Gasteiger partial charge is 0.444 e. The van der Waals surface area contributed by atoms with Crippen molar-refractivity contribution >= 4 is 12.0 Å². The minimum absolute atomic E-state index is 0.182. The average molecular weight is 218 g/mol. The number of hydrogen-bond acceptors (Lipinski definition) is 4. The molecule has 0 aliphatic carbocycles. The van der Waals surface area contributed by atoms with E-state index in [1.54, 1.807) is 13.8 Å². The first kappa shape index (κ1) is 13.7. The number of carbonyl (C=O) groups is 2. The number of carbonyl (C=O) groups excluding carboxylic acids is 2. The van der Waals surface area contributed by atoms with Crippen LogP contribution in [0.3, 0.4) is 0 Å². The maximum absolute atomic E-state index is 11.3. The van der Waals surface area contributed by atoms with Crippen LogP contribution in [0, 0.1) is 0 Å². The van der Waals surface area contributed by atoms with Crippen LogP contribution in [-0.4, -0.2) is 36.8 Å². The van der Waals surface area contributed by atoms with Gasteiger partial charge in [-0.2, -0.15) is 0 Å². The van der Waals surface area contributed by atoms with Gasteiger partial charge in [0.2, 0.25) is 5.91 Å². The zero-order chi connectivity index (χ0) is 12.1. The lowest BCUT2D eigenvalue weighted by molar-refractivity contribution is -0.169. The van der Waals surface area contributed by atoms with Gasteiger partial charge in [-0.1, -0.05) is 0 Å². The Bertz CT molecular complexity index is 240. The molecule has 0 aromatic rings. The summed E-state index contributed by atoms with van der Waals surface area (Å²) in [4.78, 5) is 26.6. The van der Waals surface area contributed by atoms with Crippen LogP contribution in [0.25, 0.3) is 0 Å². The SMILES string of the molecule is CON(C)C(=O)CCC(C)(C)OC(N)=O. The molecule has 15 heavy (non-hydrogen) atoms. The molecule has 6 nitrogen and oxygen atoms in total. The van der Waals surface area contributed by atoms with Gasteiger partial charge in [-0.25, -0.2) is 9.86 Å². The molecule has 0 aliphatic heterocycles. The molecule has 2 amide bonds. The highest BCUT2D eigenvalue weighted by Crippen LogP contribution is 2.17.